The second kappa shape index (κ2) is 5.92. The maximum atomic E-state index is 10.9. The number of amides is 1. The molecule has 0 bridgehead atoms. The molecule has 0 aliphatic carbocycles. The number of rotatable bonds is 5. The summed E-state index contributed by atoms with van der Waals surface area (Å²) < 4.78 is 0. The minimum atomic E-state index is -0.861. The Labute approximate surface area is 67.1 Å². The standard InChI is InChI=1S/C8H15NO2/c1-3-5-7(10)8(11)9-6-4-2/h4,7,10H,2-3,5-6H2,1H3,(H,9,11). The summed E-state index contributed by atoms with van der Waals surface area (Å²) in [5.74, 6) is -0.313. The third kappa shape index (κ3) is 4.56. The van der Waals surface area contributed by atoms with Crippen LogP contribution in [0.3, 0.4) is 0 Å². The lowest BCUT2D eigenvalue weighted by Gasteiger charge is -2.07. The van der Waals surface area contributed by atoms with Crippen LogP contribution in [0, 0.1) is 0 Å². The molecule has 64 valence electrons. The van der Waals surface area contributed by atoms with Gasteiger partial charge in [-0.1, -0.05) is 19.4 Å². The van der Waals surface area contributed by atoms with Crippen molar-refractivity contribution in [2.45, 2.75) is 25.9 Å². The van der Waals surface area contributed by atoms with Gasteiger partial charge in [-0.25, -0.2) is 0 Å². The zero-order valence-corrected chi connectivity index (χ0v) is 6.84. The zero-order chi connectivity index (χ0) is 8.69. The number of carbonyl (C=O) groups is 1. The average molecular weight is 157 g/mol. The molecular formula is C8H15NO2. The van der Waals surface area contributed by atoms with Crippen LogP contribution in [0.5, 0.6) is 0 Å². The normalized spacial score (nSPS) is 12.2. The summed E-state index contributed by atoms with van der Waals surface area (Å²) in [5, 5.41) is 11.6. The molecule has 0 fully saturated rings. The minimum Gasteiger partial charge on any atom is -0.383 e. The lowest BCUT2D eigenvalue weighted by atomic mass is 10.2. The van der Waals surface area contributed by atoms with E-state index >= 15 is 0 Å². The van der Waals surface area contributed by atoms with Gasteiger partial charge in [-0.15, -0.1) is 6.58 Å². The van der Waals surface area contributed by atoms with Crippen molar-refractivity contribution in [1.82, 2.24) is 5.32 Å². The summed E-state index contributed by atoms with van der Waals surface area (Å²) in [5.41, 5.74) is 0. The number of aliphatic hydroxyl groups excluding tert-OH is 1. The highest BCUT2D eigenvalue weighted by Crippen LogP contribution is 1.94. The molecule has 0 aromatic carbocycles. The molecule has 0 aliphatic rings. The Kier molecular flexibility index (Phi) is 5.47. The fourth-order valence-corrected chi connectivity index (χ4v) is 0.695. The Bertz CT molecular complexity index is 134. The number of nitrogens with one attached hydrogen (secondary N) is 1. The molecule has 1 unspecified atom stereocenters. The van der Waals surface area contributed by atoms with Gasteiger partial charge in [0.15, 0.2) is 0 Å². The number of carbonyl (C=O) groups excluding carboxylic acids is 1. The van der Waals surface area contributed by atoms with E-state index in [1.165, 1.54) is 0 Å². The van der Waals surface area contributed by atoms with Crippen LogP contribution in [0.4, 0.5) is 0 Å². The Balaban J connectivity index is 3.54. The van der Waals surface area contributed by atoms with Crippen LogP contribution in [0.15, 0.2) is 12.7 Å². The van der Waals surface area contributed by atoms with Crippen LogP contribution in [0.2, 0.25) is 0 Å². The summed E-state index contributed by atoms with van der Waals surface area (Å²) in [7, 11) is 0. The molecule has 0 saturated carbocycles. The quantitative estimate of drug-likeness (QED) is 0.569. The van der Waals surface area contributed by atoms with E-state index in [4.69, 9.17) is 5.11 Å². The first-order valence-corrected chi connectivity index (χ1v) is 3.79. The van der Waals surface area contributed by atoms with Crippen molar-refractivity contribution in [3.05, 3.63) is 12.7 Å². The first kappa shape index (κ1) is 10.2. The van der Waals surface area contributed by atoms with Gasteiger partial charge in [-0.2, -0.15) is 0 Å². The van der Waals surface area contributed by atoms with Crippen molar-refractivity contribution in [2.24, 2.45) is 0 Å². The molecule has 0 radical (unpaired) electrons. The van der Waals surface area contributed by atoms with Crippen LogP contribution >= 0.6 is 0 Å². The van der Waals surface area contributed by atoms with Gasteiger partial charge < -0.3 is 10.4 Å². The van der Waals surface area contributed by atoms with Crippen LogP contribution in [0.25, 0.3) is 0 Å². The predicted octanol–water partition coefficient (Wildman–Crippen LogP) is 0.450. The summed E-state index contributed by atoms with van der Waals surface area (Å²) in [4.78, 5) is 10.9. The van der Waals surface area contributed by atoms with E-state index in [0.717, 1.165) is 6.42 Å². The van der Waals surface area contributed by atoms with E-state index in [-0.39, 0.29) is 5.91 Å². The van der Waals surface area contributed by atoms with E-state index in [9.17, 15) is 4.79 Å². The van der Waals surface area contributed by atoms with Crippen LogP contribution in [-0.4, -0.2) is 23.7 Å². The van der Waals surface area contributed by atoms with E-state index in [2.05, 4.69) is 11.9 Å². The molecular weight excluding hydrogens is 142 g/mol. The smallest absolute Gasteiger partial charge is 0.249 e. The van der Waals surface area contributed by atoms with Gasteiger partial charge in [0.05, 0.1) is 0 Å². The van der Waals surface area contributed by atoms with Crippen molar-refractivity contribution < 1.29 is 9.90 Å². The second-order valence-corrected chi connectivity index (χ2v) is 2.34. The molecule has 0 aromatic rings. The number of hydrogen-bond donors (Lipinski definition) is 2. The molecule has 0 spiro atoms. The van der Waals surface area contributed by atoms with Gasteiger partial charge in [0, 0.05) is 6.54 Å². The average Bonchev–Trinajstić information content (AvgIpc) is 2.00. The Morgan fingerprint density at radius 2 is 2.45 bits per heavy atom. The monoisotopic (exact) mass is 157 g/mol. The Morgan fingerprint density at radius 1 is 1.82 bits per heavy atom. The molecule has 1 atom stereocenters. The van der Waals surface area contributed by atoms with E-state index in [1.54, 1.807) is 6.08 Å². The minimum absolute atomic E-state index is 0.313. The molecule has 0 heterocycles. The van der Waals surface area contributed by atoms with Crippen molar-refractivity contribution in [3.63, 3.8) is 0 Å². The van der Waals surface area contributed by atoms with Gasteiger partial charge in [0.2, 0.25) is 5.91 Å². The van der Waals surface area contributed by atoms with Crippen LogP contribution in [0.1, 0.15) is 19.8 Å². The van der Waals surface area contributed by atoms with E-state index in [0.29, 0.717) is 13.0 Å². The highest BCUT2D eigenvalue weighted by Gasteiger charge is 2.11. The molecule has 3 nitrogen and oxygen atoms in total. The van der Waals surface area contributed by atoms with Gasteiger partial charge >= 0.3 is 0 Å². The van der Waals surface area contributed by atoms with E-state index in [1.807, 2.05) is 6.92 Å². The Morgan fingerprint density at radius 3 is 2.91 bits per heavy atom. The molecule has 11 heavy (non-hydrogen) atoms. The first-order valence-electron chi connectivity index (χ1n) is 3.79. The van der Waals surface area contributed by atoms with Gasteiger partial charge in [-0.05, 0) is 6.42 Å². The maximum Gasteiger partial charge on any atom is 0.249 e. The molecule has 0 aliphatic heterocycles. The van der Waals surface area contributed by atoms with Crippen molar-refractivity contribution in [2.75, 3.05) is 6.54 Å². The zero-order valence-electron chi connectivity index (χ0n) is 6.84. The van der Waals surface area contributed by atoms with Gasteiger partial charge in [0.25, 0.3) is 0 Å². The first-order chi connectivity index (χ1) is 5.22. The van der Waals surface area contributed by atoms with Gasteiger partial charge in [-0.3, -0.25) is 4.79 Å². The van der Waals surface area contributed by atoms with Crippen molar-refractivity contribution in [1.29, 1.82) is 0 Å². The second-order valence-electron chi connectivity index (χ2n) is 2.34. The van der Waals surface area contributed by atoms with Crippen LogP contribution in [-0.2, 0) is 4.79 Å². The summed E-state index contributed by atoms with van der Waals surface area (Å²) in [6, 6.07) is 0. The third-order valence-electron chi connectivity index (χ3n) is 1.29. The maximum absolute atomic E-state index is 10.9. The Hall–Kier alpha value is -0.830. The predicted molar refractivity (Wildman–Crippen MR) is 44.1 cm³/mol. The lowest BCUT2D eigenvalue weighted by molar-refractivity contribution is -0.129. The third-order valence-corrected chi connectivity index (χ3v) is 1.29. The molecule has 1 amide bonds. The van der Waals surface area contributed by atoms with Crippen LogP contribution < -0.4 is 5.32 Å². The highest BCUT2D eigenvalue weighted by atomic mass is 16.3. The highest BCUT2D eigenvalue weighted by molar-refractivity contribution is 5.80. The molecule has 2 N–H and O–H groups in total. The van der Waals surface area contributed by atoms with Crippen molar-refractivity contribution >= 4 is 5.91 Å². The van der Waals surface area contributed by atoms with Gasteiger partial charge in [0.1, 0.15) is 6.10 Å². The largest absolute Gasteiger partial charge is 0.383 e. The fraction of sp³-hybridized carbons (Fsp3) is 0.625. The molecule has 0 rings (SSSR count). The number of aliphatic hydroxyl groups is 1. The molecule has 3 heteroatoms. The fourth-order valence-electron chi connectivity index (χ4n) is 0.695. The summed E-state index contributed by atoms with van der Waals surface area (Å²) in [6.45, 7) is 5.78. The lowest BCUT2D eigenvalue weighted by Crippen LogP contribution is -2.34. The summed E-state index contributed by atoms with van der Waals surface area (Å²) >= 11 is 0. The molecule has 0 saturated heterocycles. The van der Waals surface area contributed by atoms with E-state index < -0.39 is 6.10 Å². The van der Waals surface area contributed by atoms with Crippen molar-refractivity contribution in [3.8, 4) is 0 Å². The SMILES string of the molecule is C=CCNC(=O)C(O)CCC. The number of hydrogen-bond acceptors (Lipinski definition) is 2. The molecule has 0 aromatic heterocycles. The summed E-state index contributed by atoms with van der Waals surface area (Å²) in [6.07, 6.45) is 2.04. The topological polar surface area (TPSA) is 49.3 Å².